The molecule has 0 aliphatic heterocycles. The summed E-state index contributed by atoms with van der Waals surface area (Å²) >= 11 is 0. The summed E-state index contributed by atoms with van der Waals surface area (Å²) < 4.78 is 0. The number of aromatic amines is 1. The molecule has 0 amide bonds. The molecule has 0 bridgehead atoms. The predicted molar refractivity (Wildman–Crippen MR) is 108 cm³/mol. The first-order valence-corrected chi connectivity index (χ1v) is 8.71. The fraction of sp³-hybridized carbons (Fsp3) is 0. The first-order chi connectivity index (χ1) is 13.2. The Balaban J connectivity index is 1.85. The largest absolute Gasteiger partial charge is 0.361 e. The van der Waals surface area contributed by atoms with Crippen molar-refractivity contribution in [3.8, 4) is 0 Å². The van der Waals surface area contributed by atoms with Gasteiger partial charge in [0.1, 0.15) is 0 Å². The quantitative estimate of drug-likeness (QED) is 0.229. The first-order valence-electron chi connectivity index (χ1n) is 8.71. The van der Waals surface area contributed by atoms with Gasteiger partial charge >= 0.3 is 0 Å². The van der Waals surface area contributed by atoms with Crippen LogP contribution in [0.4, 0.5) is 0 Å². The molecule has 3 nitrogen and oxygen atoms in total. The van der Waals surface area contributed by atoms with E-state index in [9.17, 15) is 9.59 Å². The van der Waals surface area contributed by atoms with Crippen LogP contribution in [0, 0.1) is 0 Å². The average Bonchev–Trinajstić information content (AvgIpc) is 3.15. The van der Waals surface area contributed by atoms with Crippen molar-refractivity contribution in [3.05, 3.63) is 113 Å². The number of Topliss-reactive ketones (excluding diaryl/α,β-unsaturated/α-hetero) is 2. The lowest BCUT2D eigenvalue weighted by Crippen LogP contribution is -2.13. The zero-order chi connectivity index (χ0) is 18.6. The van der Waals surface area contributed by atoms with Gasteiger partial charge in [0.2, 0.25) is 0 Å². The fourth-order valence-electron chi connectivity index (χ4n) is 3.09. The number of benzene rings is 3. The highest BCUT2D eigenvalue weighted by Crippen LogP contribution is 2.23. The molecule has 4 rings (SSSR count). The van der Waals surface area contributed by atoms with Gasteiger partial charge in [-0.2, -0.15) is 0 Å². The van der Waals surface area contributed by atoms with Crippen LogP contribution in [0.25, 0.3) is 17.0 Å². The third kappa shape index (κ3) is 3.35. The molecule has 130 valence electrons. The van der Waals surface area contributed by atoms with E-state index in [4.69, 9.17) is 0 Å². The highest BCUT2D eigenvalue weighted by atomic mass is 16.1. The number of fused-ring (bicyclic) bond motifs is 1. The predicted octanol–water partition coefficient (Wildman–Crippen LogP) is 5.32. The third-order valence-corrected chi connectivity index (χ3v) is 4.48. The second kappa shape index (κ2) is 7.26. The Hall–Kier alpha value is -3.72. The molecule has 1 heterocycles. The van der Waals surface area contributed by atoms with Crippen molar-refractivity contribution < 1.29 is 9.59 Å². The highest BCUT2D eigenvalue weighted by Gasteiger charge is 2.21. The number of para-hydroxylation sites is 1. The molecular weight excluding hydrogens is 334 g/mol. The van der Waals surface area contributed by atoms with Crippen LogP contribution in [0.3, 0.4) is 0 Å². The van der Waals surface area contributed by atoms with Gasteiger partial charge < -0.3 is 4.98 Å². The average molecular weight is 351 g/mol. The molecule has 3 aromatic carbocycles. The molecular formula is C24H17NO2. The summed E-state index contributed by atoms with van der Waals surface area (Å²) in [7, 11) is 0. The van der Waals surface area contributed by atoms with Crippen LogP contribution in [-0.4, -0.2) is 16.6 Å². The van der Waals surface area contributed by atoms with Gasteiger partial charge in [0.15, 0.2) is 11.6 Å². The fourth-order valence-corrected chi connectivity index (χ4v) is 3.09. The summed E-state index contributed by atoms with van der Waals surface area (Å²) in [4.78, 5) is 29.4. The Labute approximate surface area is 157 Å². The Kier molecular flexibility index (Phi) is 4.50. The Morgan fingerprint density at radius 1 is 0.667 bits per heavy atom. The van der Waals surface area contributed by atoms with Gasteiger partial charge in [-0.25, -0.2) is 0 Å². The van der Waals surface area contributed by atoms with E-state index in [-0.39, 0.29) is 17.1 Å². The van der Waals surface area contributed by atoms with Crippen molar-refractivity contribution in [3.63, 3.8) is 0 Å². The van der Waals surface area contributed by atoms with Crippen LogP contribution in [0.1, 0.15) is 26.3 Å². The lowest BCUT2D eigenvalue weighted by molar-refractivity contribution is 0.0964. The number of H-pyrrole nitrogens is 1. The van der Waals surface area contributed by atoms with Gasteiger partial charge in [-0.3, -0.25) is 9.59 Å². The van der Waals surface area contributed by atoms with E-state index < -0.39 is 0 Å². The molecule has 0 aliphatic carbocycles. The van der Waals surface area contributed by atoms with E-state index in [1.807, 2.05) is 42.6 Å². The van der Waals surface area contributed by atoms with Crippen molar-refractivity contribution in [2.24, 2.45) is 0 Å². The van der Waals surface area contributed by atoms with Gasteiger partial charge in [0, 0.05) is 33.8 Å². The molecule has 0 spiro atoms. The van der Waals surface area contributed by atoms with Crippen molar-refractivity contribution >= 4 is 28.5 Å². The van der Waals surface area contributed by atoms with E-state index in [1.54, 1.807) is 54.6 Å². The number of allylic oxidation sites excluding steroid dienone is 1. The van der Waals surface area contributed by atoms with Gasteiger partial charge in [-0.05, 0) is 12.1 Å². The highest BCUT2D eigenvalue weighted by molar-refractivity contribution is 6.33. The number of hydrogen-bond donors (Lipinski definition) is 1. The molecule has 4 aromatic rings. The van der Waals surface area contributed by atoms with Crippen LogP contribution in [0.5, 0.6) is 0 Å². The maximum absolute atomic E-state index is 13.1. The molecule has 0 saturated heterocycles. The van der Waals surface area contributed by atoms with E-state index in [1.165, 1.54) is 0 Å². The zero-order valence-corrected chi connectivity index (χ0v) is 14.6. The molecule has 27 heavy (non-hydrogen) atoms. The number of hydrogen-bond acceptors (Lipinski definition) is 2. The van der Waals surface area contributed by atoms with Crippen molar-refractivity contribution in [1.82, 2.24) is 4.98 Å². The molecule has 1 N–H and O–H groups in total. The maximum Gasteiger partial charge on any atom is 0.196 e. The third-order valence-electron chi connectivity index (χ3n) is 4.48. The van der Waals surface area contributed by atoms with E-state index in [0.29, 0.717) is 11.1 Å². The summed E-state index contributed by atoms with van der Waals surface area (Å²) in [5.74, 6) is -0.565. The molecule has 0 fully saturated rings. The van der Waals surface area contributed by atoms with Crippen molar-refractivity contribution in [2.45, 2.75) is 0 Å². The number of ketones is 2. The minimum Gasteiger partial charge on any atom is -0.361 e. The second-order valence-corrected chi connectivity index (χ2v) is 6.24. The van der Waals surface area contributed by atoms with Gasteiger partial charge in [0.05, 0.1) is 5.57 Å². The minimum absolute atomic E-state index is 0.150. The smallest absolute Gasteiger partial charge is 0.196 e. The monoisotopic (exact) mass is 351 g/mol. The Bertz CT molecular complexity index is 1090. The van der Waals surface area contributed by atoms with Crippen molar-refractivity contribution in [2.75, 3.05) is 0 Å². The number of rotatable bonds is 5. The molecule has 0 radical (unpaired) electrons. The standard InChI is InChI=1S/C24H17NO2/c26-23(17-9-3-1-4-10-17)21(24(27)18-11-5-2-6-12-18)15-19-16-25-22-14-8-7-13-20(19)22/h1-16,25H. The van der Waals surface area contributed by atoms with Crippen LogP contribution in [0.15, 0.2) is 96.7 Å². The SMILES string of the molecule is O=C(C(=Cc1c[nH]c2ccccc12)C(=O)c1ccccc1)c1ccccc1. The molecule has 0 atom stereocenters. The van der Waals surface area contributed by atoms with Crippen molar-refractivity contribution in [1.29, 1.82) is 0 Å². The van der Waals surface area contributed by atoms with Gasteiger partial charge in [-0.15, -0.1) is 0 Å². The summed E-state index contributed by atoms with van der Waals surface area (Å²) in [5, 5.41) is 0.969. The summed E-state index contributed by atoms with van der Waals surface area (Å²) in [5.41, 5.74) is 2.91. The van der Waals surface area contributed by atoms with Crippen LogP contribution in [0.2, 0.25) is 0 Å². The molecule has 0 unspecified atom stereocenters. The molecule has 3 heteroatoms. The summed E-state index contributed by atoms with van der Waals surface area (Å²) in [6, 6.07) is 25.6. The molecule has 1 aromatic heterocycles. The van der Waals surface area contributed by atoms with Crippen LogP contribution >= 0.6 is 0 Å². The lowest BCUT2D eigenvalue weighted by Gasteiger charge is -2.07. The summed E-state index contributed by atoms with van der Waals surface area (Å²) in [6.45, 7) is 0. The number of aromatic nitrogens is 1. The van der Waals surface area contributed by atoms with Crippen LogP contribution < -0.4 is 0 Å². The normalized spacial score (nSPS) is 10.5. The topological polar surface area (TPSA) is 49.9 Å². The Morgan fingerprint density at radius 3 is 1.78 bits per heavy atom. The van der Waals surface area contributed by atoms with Gasteiger partial charge in [-0.1, -0.05) is 78.9 Å². The summed E-state index contributed by atoms with van der Waals surface area (Å²) in [6.07, 6.45) is 3.50. The minimum atomic E-state index is -0.283. The zero-order valence-electron chi connectivity index (χ0n) is 14.6. The molecule has 0 saturated carbocycles. The first kappa shape index (κ1) is 16.7. The molecule has 0 aliphatic rings. The van der Waals surface area contributed by atoms with Crippen LogP contribution in [-0.2, 0) is 0 Å². The lowest BCUT2D eigenvalue weighted by atomic mass is 9.94. The second-order valence-electron chi connectivity index (χ2n) is 6.24. The van der Waals surface area contributed by atoms with E-state index in [0.717, 1.165) is 16.5 Å². The number of carbonyl (C=O) groups excluding carboxylic acids is 2. The number of carbonyl (C=O) groups is 2. The van der Waals surface area contributed by atoms with Gasteiger partial charge in [0.25, 0.3) is 0 Å². The number of nitrogens with one attached hydrogen (secondary N) is 1. The maximum atomic E-state index is 13.1. The van der Waals surface area contributed by atoms with E-state index >= 15 is 0 Å². The Morgan fingerprint density at radius 2 is 1.19 bits per heavy atom. The van der Waals surface area contributed by atoms with E-state index in [2.05, 4.69) is 4.98 Å².